The van der Waals surface area contributed by atoms with Crippen LogP contribution >= 0.6 is 15.9 Å². The van der Waals surface area contributed by atoms with Crippen LogP contribution in [0.1, 0.15) is 22.0 Å². The summed E-state index contributed by atoms with van der Waals surface area (Å²) >= 11 is 2.95. The smallest absolute Gasteiger partial charge is 0.336 e. The Balaban J connectivity index is 3.27. The topological polar surface area (TPSA) is 121 Å². The van der Waals surface area contributed by atoms with Crippen LogP contribution in [0.15, 0.2) is 18.2 Å². The van der Waals surface area contributed by atoms with Crippen LogP contribution in [-0.4, -0.2) is 37.6 Å². The van der Waals surface area contributed by atoms with Crippen LogP contribution in [0, 0.1) is 10.1 Å². The van der Waals surface area contributed by atoms with E-state index >= 15 is 0 Å². The lowest BCUT2D eigenvalue weighted by molar-refractivity contribution is -0.384. The number of carboxylic acid groups (broad SMARTS) is 1. The van der Waals surface area contributed by atoms with Crippen molar-refractivity contribution >= 4 is 27.6 Å². The number of rotatable bonds is 5. The molecule has 0 aromatic heterocycles. The lowest BCUT2D eigenvalue weighted by Crippen LogP contribution is -2.21. The Morgan fingerprint density at radius 2 is 2.06 bits per heavy atom. The van der Waals surface area contributed by atoms with Gasteiger partial charge in [0.05, 0.1) is 16.6 Å². The number of carboxylic acids is 1. The molecule has 0 amide bonds. The van der Waals surface area contributed by atoms with Crippen LogP contribution in [0.4, 0.5) is 5.69 Å². The second-order valence-corrected chi connectivity index (χ2v) is 4.15. The molecule has 3 N–H and O–H groups in total. The van der Waals surface area contributed by atoms with Gasteiger partial charge in [-0.2, -0.15) is 0 Å². The Bertz CT molecular complexity index is 477. The number of carbonyl (C=O) groups is 1. The third-order valence-electron chi connectivity index (χ3n) is 2.32. The number of halogens is 1. The molecule has 0 saturated heterocycles. The van der Waals surface area contributed by atoms with Crippen molar-refractivity contribution in [2.45, 2.75) is 12.2 Å². The summed E-state index contributed by atoms with van der Waals surface area (Å²) in [5.74, 6) is -1.41. The van der Waals surface area contributed by atoms with Crippen molar-refractivity contribution in [3.8, 4) is 0 Å². The zero-order chi connectivity index (χ0) is 13.9. The minimum atomic E-state index is -1.43. The number of aromatic carboxylic acids is 1. The molecule has 0 aliphatic rings. The first-order chi connectivity index (χ1) is 8.38. The average molecular weight is 320 g/mol. The summed E-state index contributed by atoms with van der Waals surface area (Å²) in [6, 6.07) is 3.05. The molecule has 0 heterocycles. The molecule has 0 aliphatic carbocycles. The van der Waals surface area contributed by atoms with Gasteiger partial charge in [0.25, 0.3) is 5.69 Å². The van der Waals surface area contributed by atoms with E-state index < -0.39 is 34.4 Å². The molecule has 0 aliphatic heterocycles. The third kappa shape index (κ3) is 3.03. The number of aliphatic hydroxyl groups is 2. The molecule has 0 fully saturated rings. The highest BCUT2D eigenvalue weighted by atomic mass is 79.9. The van der Waals surface area contributed by atoms with Crippen molar-refractivity contribution in [3.63, 3.8) is 0 Å². The highest BCUT2D eigenvalue weighted by Gasteiger charge is 2.25. The number of non-ortho nitro benzene ring substituents is 1. The quantitative estimate of drug-likeness (QED) is 0.424. The molecule has 98 valence electrons. The van der Waals surface area contributed by atoms with Crippen molar-refractivity contribution in [3.05, 3.63) is 39.4 Å². The van der Waals surface area contributed by atoms with Crippen molar-refractivity contribution in [2.75, 3.05) is 5.33 Å². The number of nitro benzene ring substituents is 1. The van der Waals surface area contributed by atoms with Gasteiger partial charge in [0, 0.05) is 17.5 Å². The predicted octanol–water partition coefficient (Wildman–Crippen LogP) is 1.08. The van der Waals surface area contributed by atoms with Crippen LogP contribution in [0.25, 0.3) is 0 Å². The Labute approximate surface area is 110 Å². The van der Waals surface area contributed by atoms with Gasteiger partial charge in [-0.1, -0.05) is 15.9 Å². The molecular weight excluding hydrogens is 310 g/mol. The van der Waals surface area contributed by atoms with E-state index in [1.807, 2.05) is 0 Å². The van der Waals surface area contributed by atoms with Crippen molar-refractivity contribution in [1.29, 1.82) is 0 Å². The Hall–Kier alpha value is -1.51. The maximum absolute atomic E-state index is 11.0. The van der Waals surface area contributed by atoms with Gasteiger partial charge in [-0.25, -0.2) is 4.79 Å². The third-order valence-corrected chi connectivity index (χ3v) is 2.98. The molecule has 1 aromatic rings. The molecule has 1 aromatic carbocycles. The molecule has 0 radical (unpaired) electrons. The fourth-order valence-corrected chi connectivity index (χ4v) is 1.75. The van der Waals surface area contributed by atoms with Gasteiger partial charge < -0.3 is 15.3 Å². The molecule has 0 saturated carbocycles. The number of alkyl halides is 1. The monoisotopic (exact) mass is 319 g/mol. The molecule has 1 rings (SSSR count). The van der Waals surface area contributed by atoms with E-state index in [4.69, 9.17) is 5.11 Å². The summed E-state index contributed by atoms with van der Waals surface area (Å²) in [5.41, 5.74) is -0.867. The summed E-state index contributed by atoms with van der Waals surface area (Å²) in [7, 11) is 0. The molecule has 8 heteroatoms. The van der Waals surface area contributed by atoms with E-state index in [9.17, 15) is 25.1 Å². The van der Waals surface area contributed by atoms with E-state index in [1.54, 1.807) is 0 Å². The van der Waals surface area contributed by atoms with Crippen molar-refractivity contribution < 1.29 is 25.0 Å². The molecular formula is C10H10BrNO6. The lowest BCUT2D eigenvalue weighted by atomic mass is 9.98. The first-order valence-electron chi connectivity index (χ1n) is 4.82. The summed E-state index contributed by atoms with van der Waals surface area (Å²) in [5, 5.41) is 38.7. The zero-order valence-corrected chi connectivity index (χ0v) is 10.6. The van der Waals surface area contributed by atoms with E-state index in [0.29, 0.717) is 0 Å². The summed E-state index contributed by atoms with van der Waals surface area (Å²) in [6.45, 7) is 0. The summed E-state index contributed by atoms with van der Waals surface area (Å²) in [6.07, 6.45) is -2.64. The summed E-state index contributed by atoms with van der Waals surface area (Å²) in [4.78, 5) is 20.8. The molecule has 2 atom stereocenters. The van der Waals surface area contributed by atoms with Gasteiger partial charge in [0.1, 0.15) is 6.10 Å². The van der Waals surface area contributed by atoms with Gasteiger partial charge >= 0.3 is 5.97 Å². The van der Waals surface area contributed by atoms with Gasteiger partial charge in [-0.15, -0.1) is 0 Å². The number of benzene rings is 1. The van der Waals surface area contributed by atoms with Crippen LogP contribution < -0.4 is 0 Å². The van der Waals surface area contributed by atoms with Crippen LogP contribution in [0.5, 0.6) is 0 Å². The van der Waals surface area contributed by atoms with E-state index in [2.05, 4.69) is 15.9 Å². The number of nitro groups is 1. The highest BCUT2D eigenvalue weighted by Crippen LogP contribution is 2.26. The van der Waals surface area contributed by atoms with Crippen LogP contribution in [0.2, 0.25) is 0 Å². The van der Waals surface area contributed by atoms with E-state index in [-0.39, 0.29) is 10.9 Å². The predicted molar refractivity (Wildman–Crippen MR) is 64.8 cm³/mol. The Kier molecular flexibility index (Phi) is 4.76. The molecule has 0 bridgehead atoms. The summed E-state index contributed by atoms with van der Waals surface area (Å²) < 4.78 is 0. The molecule has 0 spiro atoms. The lowest BCUT2D eigenvalue weighted by Gasteiger charge is -2.17. The van der Waals surface area contributed by atoms with Crippen LogP contribution in [-0.2, 0) is 0 Å². The second-order valence-electron chi connectivity index (χ2n) is 3.50. The second kappa shape index (κ2) is 5.89. The Morgan fingerprint density at radius 1 is 1.44 bits per heavy atom. The highest BCUT2D eigenvalue weighted by molar-refractivity contribution is 9.09. The average Bonchev–Trinajstić information content (AvgIpc) is 2.35. The van der Waals surface area contributed by atoms with Gasteiger partial charge in [-0.05, 0) is 11.6 Å². The first kappa shape index (κ1) is 14.6. The van der Waals surface area contributed by atoms with Gasteiger partial charge in [0.2, 0.25) is 0 Å². The fourth-order valence-electron chi connectivity index (χ4n) is 1.39. The van der Waals surface area contributed by atoms with Gasteiger partial charge in [0.15, 0.2) is 0 Å². The minimum Gasteiger partial charge on any atom is -0.478 e. The number of hydrogen-bond donors (Lipinski definition) is 3. The largest absolute Gasteiger partial charge is 0.478 e. The maximum Gasteiger partial charge on any atom is 0.336 e. The maximum atomic E-state index is 11.0. The standard InChI is InChI=1S/C10H10BrNO6/c11-4-8(13)9(14)6-2-1-5(12(17)18)3-7(6)10(15)16/h1-3,8-9,13-14H,4H2,(H,15,16). The molecule has 18 heavy (non-hydrogen) atoms. The number of aliphatic hydroxyl groups excluding tert-OH is 2. The fraction of sp³-hybridized carbons (Fsp3) is 0.300. The molecule has 2 unspecified atom stereocenters. The minimum absolute atomic E-state index is 0.0458. The number of hydrogen-bond acceptors (Lipinski definition) is 5. The van der Waals surface area contributed by atoms with Crippen molar-refractivity contribution in [2.24, 2.45) is 0 Å². The Morgan fingerprint density at radius 3 is 2.50 bits per heavy atom. The van der Waals surface area contributed by atoms with Crippen LogP contribution in [0.3, 0.4) is 0 Å². The van der Waals surface area contributed by atoms with Gasteiger partial charge in [-0.3, -0.25) is 10.1 Å². The van der Waals surface area contributed by atoms with Crippen molar-refractivity contribution in [1.82, 2.24) is 0 Å². The number of nitrogens with zero attached hydrogens (tertiary/aromatic N) is 1. The first-order valence-corrected chi connectivity index (χ1v) is 5.94. The normalized spacial score (nSPS) is 13.9. The SMILES string of the molecule is O=C(O)c1cc([N+](=O)[O-])ccc1C(O)C(O)CBr. The molecule has 7 nitrogen and oxygen atoms in total. The van der Waals surface area contributed by atoms with E-state index in [0.717, 1.165) is 18.2 Å². The zero-order valence-electron chi connectivity index (χ0n) is 8.99. The van der Waals surface area contributed by atoms with E-state index in [1.165, 1.54) is 0 Å².